The Morgan fingerprint density at radius 1 is 1.53 bits per heavy atom. The van der Waals surface area contributed by atoms with Gasteiger partial charge in [-0.3, -0.25) is 0 Å². The molecule has 0 fully saturated rings. The van der Waals surface area contributed by atoms with E-state index < -0.39 is 0 Å². The fraction of sp³-hybridized carbons (Fsp3) is 0.364. The molecule has 0 aliphatic rings. The van der Waals surface area contributed by atoms with Crippen molar-refractivity contribution >= 4 is 11.3 Å². The van der Waals surface area contributed by atoms with Crippen LogP contribution in [-0.2, 0) is 19.6 Å². The van der Waals surface area contributed by atoms with Crippen LogP contribution in [0.4, 0.5) is 0 Å². The van der Waals surface area contributed by atoms with Gasteiger partial charge in [0.2, 0.25) is 0 Å². The summed E-state index contributed by atoms with van der Waals surface area (Å²) in [5.74, 6) is 0. The second kappa shape index (κ2) is 4.59. The van der Waals surface area contributed by atoms with Crippen molar-refractivity contribution in [2.24, 2.45) is 0 Å². The van der Waals surface area contributed by atoms with E-state index in [1.165, 1.54) is 5.01 Å². The molecular formula is C11H14N2OS. The van der Waals surface area contributed by atoms with Crippen molar-refractivity contribution in [1.82, 2.24) is 9.55 Å². The highest BCUT2D eigenvalue weighted by Crippen LogP contribution is 2.13. The highest BCUT2D eigenvalue weighted by atomic mass is 32.1. The predicted octanol–water partition coefficient (Wildman–Crippen LogP) is 2.05. The van der Waals surface area contributed by atoms with Crippen molar-refractivity contribution in [3.63, 3.8) is 0 Å². The minimum absolute atomic E-state index is 0.0811. The molecule has 2 heterocycles. The van der Waals surface area contributed by atoms with Crippen molar-refractivity contribution in [2.45, 2.75) is 26.5 Å². The standard InChI is InChI=1S/C11H14N2OS/c1-2-11-12-9(8-15-11)6-13-5-3-4-10(13)7-14/h3-5,8,14H,2,6-7H2,1H3. The van der Waals surface area contributed by atoms with Crippen molar-refractivity contribution < 1.29 is 5.11 Å². The number of nitrogens with zero attached hydrogens (tertiary/aromatic N) is 2. The van der Waals surface area contributed by atoms with Crippen LogP contribution in [0.1, 0.15) is 23.3 Å². The Morgan fingerprint density at radius 2 is 2.40 bits per heavy atom. The summed E-state index contributed by atoms with van der Waals surface area (Å²) in [4.78, 5) is 4.50. The van der Waals surface area contributed by atoms with E-state index in [4.69, 9.17) is 5.11 Å². The van der Waals surface area contributed by atoms with E-state index >= 15 is 0 Å². The zero-order valence-corrected chi connectivity index (χ0v) is 9.50. The minimum atomic E-state index is 0.0811. The van der Waals surface area contributed by atoms with Crippen LogP contribution in [0.2, 0.25) is 0 Å². The first-order valence-corrected chi connectivity index (χ1v) is 5.89. The van der Waals surface area contributed by atoms with E-state index in [-0.39, 0.29) is 6.61 Å². The molecule has 4 heteroatoms. The van der Waals surface area contributed by atoms with E-state index in [2.05, 4.69) is 17.3 Å². The normalized spacial score (nSPS) is 10.8. The lowest BCUT2D eigenvalue weighted by Crippen LogP contribution is -2.03. The molecule has 2 aromatic heterocycles. The third-order valence-electron chi connectivity index (χ3n) is 2.32. The lowest BCUT2D eigenvalue weighted by Gasteiger charge is -2.04. The molecular weight excluding hydrogens is 208 g/mol. The SMILES string of the molecule is CCc1nc(Cn2cccc2CO)cs1. The zero-order chi connectivity index (χ0) is 10.7. The number of thiazole rings is 1. The Bertz CT molecular complexity index is 433. The van der Waals surface area contributed by atoms with Crippen LogP contribution >= 0.6 is 11.3 Å². The summed E-state index contributed by atoms with van der Waals surface area (Å²) in [6, 6.07) is 3.87. The summed E-state index contributed by atoms with van der Waals surface area (Å²) in [6.45, 7) is 2.94. The van der Waals surface area contributed by atoms with Gasteiger partial charge in [-0.1, -0.05) is 6.92 Å². The molecule has 0 atom stereocenters. The fourth-order valence-electron chi connectivity index (χ4n) is 1.51. The van der Waals surface area contributed by atoms with Crippen molar-refractivity contribution in [2.75, 3.05) is 0 Å². The molecule has 0 saturated carbocycles. The molecule has 1 N–H and O–H groups in total. The number of rotatable bonds is 4. The van der Waals surface area contributed by atoms with Gasteiger partial charge >= 0.3 is 0 Å². The van der Waals surface area contributed by atoms with Crippen LogP contribution in [0.5, 0.6) is 0 Å². The molecule has 15 heavy (non-hydrogen) atoms. The Labute approximate surface area is 93.0 Å². The highest BCUT2D eigenvalue weighted by Gasteiger charge is 2.03. The summed E-state index contributed by atoms with van der Waals surface area (Å²) < 4.78 is 2.02. The van der Waals surface area contributed by atoms with Gasteiger partial charge in [0.25, 0.3) is 0 Å². The van der Waals surface area contributed by atoms with Crippen molar-refractivity contribution in [1.29, 1.82) is 0 Å². The average Bonchev–Trinajstić information content (AvgIpc) is 2.87. The van der Waals surface area contributed by atoms with Gasteiger partial charge < -0.3 is 9.67 Å². The number of aromatic nitrogens is 2. The quantitative estimate of drug-likeness (QED) is 0.859. The van der Waals surface area contributed by atoms with E-state index in [0.717, 1.165) is 24.4 Å². The van der Waals surface area contributed by atoms with Gasteiger partial charge in [0.1, 0.15) is 0 Å². The van der Waals surface area contributed by atoms with E-state index in [9.17, 15) is 0 Å². The molecule has 0 bridgehead atoms. The predicted molar refractivity (Wildman–Crippen MR) is 60.9 cm³/mol. The van der Waals surface area contributed by atoms with Gasteiger partial charge in [-0.2, -0.15) is 0 Å². The summed E-state index contributed by atoms with van der Waals surface area (Å²) >= 11 is 1.70. The Balaban J connectivity index is 2.14. The second-order valence-corrected chi connectivity index (χ2v) is 4.31. The number of hydrogen-bond donors (Lipinski definition) is 1. The van der Waals surface area contributed by atoms with Crippen LogP contribution in [-0.4, -0.2) is 14.7 Å². The summed E-state index contributed by atoms with van der Waals surface area (Å²) in [5, 5.41) is 12.4. The molecule has 0 spiro atoms. The smallest absolute Gasteiger partial charge is 0.0926 e. The lowest BCUT2D eigenvalue weighted by atomic mass is 10.4. The molecule has 3 nitrogen and oxygen atoms in total. The average molecular weight is 222 g/mol. The molecule has 0 aromatic carbocycles. The van der Waals surface area contributed by atoms with Crippen LogP contribution < -0.4 is 0 Å². The second-order valence-electron chi connectivity index (χ2n) is 3.37. The maximum Gasteiger partial charge on any atom is 0.0926 e. The third kappa shape index (κ3) is 2.27. The largest absolute Gasteiger partial charge is 0.390 e. The fourth-order valence-corrected chi connectivity index (χ4v) is 2.24. The summed E-state index contributed by atoms with van der Waals surface area (Å²) in [6.07, 6.45) is 2.96. The molecule has 80 valence electrons. The minimum Gasteiger partial charge on any atom is -0.390 e. The zero-order valence-electron chi connectivity index (χ0n) is 8.68. The van der Waals surface area contributed by atoms with Gasteiger partial charge in [0.15, 0.2) is 0 Å². The summed E-state index contributed by atoms with van der Waals surface area (Å²) in [7, 11) is 0. The van der Waals surface area contributed by atoms with Crippen molar-refractivity contribution in [3.8, 4) is 0 Å². The molecule has 0 amide bonds. The van der Waals surface area contributed by atoms with Crippen LogP contribution in [0.15, 0.2) is 23.7 Å². The van der Waals surface area contributed by atoms with Gasteiger partial charge in [-0.05, 0) is 18.6 Å². The van der Waals surface area contributed by atoms with Gasteiger partial charge in [-0.25, -0.2) is 4.98 Å². The lowest BCUT2D eigenvalue weighted by molar-refractivity contribution is 0.271. The first kappa shape index (κ1) is 10.4. The first-order chi connectivity index (χ1) is 7.33. The highest BCUT2D eigenvalue weighted by molar-refractivity contribution is 7.09. The number of aryl methyl sites for hydroxylation is 1. The van der Waals surface area contributed by atoms with E-state index in [1.54, 1.807) is 11.3 Å². The molecule has 2 rings (SSSR count). The van der Waals surface area contributed by atoms with Crippen molar-refractivity contribution in [3.05, 3.63) is 40.1 Å². The van der Waals surface area contributed by atoms with Gasteiger partial charge in [-0.15, -0.1) is 11.3 Å². The molecule has 0 unspecified atom stereocenters. The molecule has 0 aliphatic heterocycles. The summed E-state index contributed by atoms with van der Waals surface area (Å²) in [5.41, 5.74) is 2.00. The molecule has 0 aliphatic carbocycles. The van der Waals surface area contributed by atoms with Gasteiger partial charge in [0, 0.05) is 17.3 Å². The molecule has 0 saturated heterocycles. The monoisotopic (exact) mass is 222 g/mol. The topological polar surface area (TPSA) is 38.0 Å². The van der Waals surface area contributed by atoms with E-state index in [1.807, 2.05) is 22.9 Å². The van der Waals surface area contributed by atoms with Crippen LogP contribution in [0, 0.1) is 0 Å². The van der Waals surface area contributed by atoms with Gasteiger partial charge in [0.05, 0.1) is 23.9 Å². The first-order valence-electron chi connectivity index (χ1n) is 5.01. The maximum atomic E-state index is 9.10. The Hall–Kier alpha value is -1.13. The number of hydrogen-bond acceptors (Lipinski definition) is 3. The van der Waals surface area contributed by atoms with Crippen LogP contribution in [0.3, 0.4) is 0 Å². The maximum absolute atomic E-state index is 9.10. The number of aliphatic hydroxyl groups excluding tert-OH is 1. The van der Waals surface area contributed by atoms with E-state index in [0.29, 0.717) is 0 Å². The Kier molecular flexibility index (Phi) is 3.18. The molecule has 2 aromatic rings. The van der Waals surface area contributed by atoms with Crippen LogP contribution in [0.25, 0.3) is 0 Å². The number of aliphatic hydroxyl groups is 1. The molecule has 0 radical (unpaired) electrons. The Morgan fingerprint density at radius 3 is 3.07 bits per heavy atom. The third-order valence-corrected chi connectivity index (χ3v) is 3.36.